The zero-order chi connectivity index (χ0) is 29.3. The van der Waals surface area contributed by atoms with Crippen LogP contribution in [-0.2, 0) is 6.18 Å². The maximum Gasteiger partial charge on any atom is 0.418 e. The molecule has 0 aliphatic heterocycles. The Bertz CT molecular complexity index is 1750. The number of amides is 2. The molecule has 0 fully saturated rings. The number of rotatable bonds is 6. The number of nitrogens with two attached hydrogens (primary N) is 1. The second kappa shape index (κ2) is 10.8. The summed E-state index contributed by atoms with van der Waals surface area (Å²) in [5, 5.41) is 0.153. The van der Waals surface area contributed by atoms with Gasteiger partial charge in [0.2, 0.25) is 0 Å². The van der Waals surface area contributed by atoms with E-state index >= 15 is 0 Å². The summed E-state index contributed by atoms with van der Waals surface area (Å²) in [7, 11) is 3.78. The number of fused-ring (bicyclic) bond motifs is 1. The third kappa shape index (κ3) is 5.34. The minimum absolute atomic E-state index is 0.126. The van der Waals surface area contributed by atoms with Gasteiger partial charge in [-0.3, -0.25) is 14.7 Å². The summed E-state index contributed by atoms with van der Waals surface area (Å²) in [6, 6.07) is 25.2. The van der Waals surface area contributed by atoms with Crippen molar-refractivity contribution in [2.75, 3.05) is 23.9 Å². The largest absolute Gasteiger partial charge is 0.418 e. The highest BCUT2D eigenvalue weighted by molar-refractivity contribution is 6.17. The minimum Gasteiger partial charge on any atom is -0.378 e. The molecule has 41 heavy (non-hydrogen) atoms. The van der Waals surface area contributed by atoms with Gasteiger partial charge in [0.05, 0.1) is 22.5 Å². The van der Waals surface area contributed by atoms with E-state index in [2.05, 4.69) is 4.98 Å². The highest BCUT2D eigenvalue weighted by atomic mass is 19.4. The fourth-order valence-corrected chi connectivity index (χ4v) is 4.78. The molecule has 0 saturated heterocycles. The summed E-state index contributed by atoms with van der Waals surface area (Å²) in [5.41, 5.74) is 7.56. The maximum atomic E-state index is 13.9. The Morgan fingerprint density at radius 1 is 0.780 bits per heavy atom. The molecule has 4 aromatic carbocycles. The summed E-state index contributed by atoms with van der Waals surface area (Å²) >= 11 is 0. The average Bonchev–Trinajstić information content (AvgIpc) is 2.96. The van der Waals surface area contributed by atoms with E-state index in [-0.39, 0.29) is 22.0 Å². The molecule has 1 heterocycles. The molecule has 0 aliphatic carbocycles. The molecule has 5 rings (SSSR count). The van der Waals surface area contributed by atoms with E-state index in [0.29, 0.717) is 22.5 Å². The van der Waals surface area contributed by atoms with Crippen LogP contribution in [0.5, 0.6) is 0 Å². The monoisotopic (exact) mass is 554 g/mol. The summed E-state index contributed by atoms with van der Waals surface area (Å²) in [6.45, 7) is 0. The second-order valence-corrected chi connectivity index (χ2v) is 9.58. The first-order valence-corrected chi connectivity index (χ1v) is 12.6. The van der Waals surface area contributed by atoms with E-state index < -0.39 is 23.6 Å². The summed E-state index contributed by atoms with van der Waals surface area (Å²) in [6.07, 6.45) is -3.47. The number of hydrogen-bond donors (Lipinski definition) is 1. The minimum atomic E-state index is -4.65. The number of ketones is 1. The predicted octanol–water partition coefficient (Wildman–Crippen LogP) is 7.43. The van der Waals surface area contributed by atoms with E-state index in [0.717, 1.165) is 11.8 Å². The van der Waals surface area contributed by atoms with E-state index in [1.165, 1.54) is 23.2 Å². The van der Waals surface area contributed by atoms with E-state index in [1.807, 2.05) is 31.1 Å². The summed E-state index contributed by atoms with van der Waals surface area (Å²) in [5.74, 6) is -0.399. The van der Waals surface area contributed by atoms with Crippen LogP contribution in [0.3, 0.4) is 0 Å². The number of carbonyl (C=O) groups is 2. The Labute approximate surface area is 234 Å². The molecule has 0 aliphatic rings. The zero-order valence-electron chi connectivity index (χ0n) is 22.2. The quantitative estimate of drug-likeness (QED) is 0.221. The van der Waals surface area contributed by atoms with E-state index in [9.17, 15) is 22.8 Å². The van der Waals surface area contributed by atoms with Gasteiger partial charge in [-0.15, -0.1) is 0 Å². The molecule has 1 aromatic heterocycles. The van der Waals surface area contributed by atoms with Crippen LogP contribution in [0.15, 0.2) is 103 Å². The van der Waals surface area contributed by atoms with Crippen LogP contribution < -0.4 is 15.5 Å². The van der Waals surface area contributed by atoms with Gasteiger partial charge in [-0.1, -0.05) is 54.6 Å². The molecule has 0 saturated carbocycles. The first kappa shape index (κ1) is 27.4. The van der Waals surface area contributed by atoms with Gasteiger partial charge in [-0.25, -0.2) is 4.79 Å². The van der Waals surface area contributed by atoms with Gasteiger partial charge < -0.3 is 10.6 Å². The van der Waals surface area contributed by atoms with Crippen LogP contribution in [0.4, 0.5) is 35.0 Å². The topological polar surface area (TPSA) is 79.5 Å². The Morgan fingerprint density at radius 2 is 1.44 bits per heavy atom. The lowest BCUT2D eigenvalue weighted by Gasteiger charge is -2.23. The van der Waals surface area contributed by atoms with E-state index in [4.69, 9.17) is 5.73 Å². The van der Waals surface area contributed by atoms with Crippen LogP contribution in [0, 0.1) is 0 Å². The Morgan fingerprint density at radius 3 is 2.07 bits per heavy atom. The van der Waals surface area contributed by atoms with Crippen molar-refractivity contribution in [3.05, 3.63) is 120 Å². The van der Waals surface area contributed by atoms with Crippen molar-refractivity contribution < 1.29 is 22.8 Å². The number of halogens is 3. The van der Waals surface area contributed by atoms with E-state index in [1.54, 1.807) is 66.7 Å². The lowest BCUT2D eigenvalue weighted by atomic mass is 9.91. The fourth-order valence-electron chi connectivity index (χ4n) is 4.78. The molecular weight excluding hydrogens is 529 g/mol. The van der Waals surface area contributed by atoms with Crippen molar-refractivity contribution in [3.8, 4) is 11.1 Å². The molecule has 0 radical (unpaired) electrons. The molecule has 0 unspecified atom stereocenters. The molecule has 0 bridgehead atoms. The molecule has 0 atom stereocenters. The molecule has 9 heteroatoms. The number of anilines is 3. The van der Waals surface area contributed by atoms with Gasteiger partial charge in [0.25, 0.3) is 0 Å². The Hall–Kier alpha value is -5.18. The zero-order valence-corrected chi connectivity index (χ0v) is 22.2. The third-order valence-electron chi connectivity index (χ3n) is 6.72. The number of carbonyl (C=O) groups excluding carboxylic acids is 2. The normalized spacial score (nSPS) is 11.3. The van der Waals surface area contributed by atoms with Crippen LogP contribution in [0.25, 0.3) is 22.0 Å². The second-order valence-electron chi connectivity index (χ2n) is 9.58. The summed E-state index contributed by atoms with van der Waals surface area (Å²) < 4.78 is 41.8. The first-order valence-electron chi connectivity index (χ1n) is 12.6. The molecular formula is C32H25F3N4O2. The average molecular weight is 555 g/mol. The van der Waals surface area contributed by atoms with Crippen LogP contribution in [0.1, 0.15) is 21.5 Å². The number of aromatic nitrogens is 1. The van der Waals surface area contributed by atoms with Crippen molar-refractivity contribution in [1.82, 2.24) is 4.98 Å². The van der Waals surface area contributed by atoms with Crippen molar-refractivity contribution in [3.63, 3.8) is 0 Å². The molecule has 5 aromatic rings. The Balaban J connectivity index is 1.74. The SMILES string of the molecule is CN(C)c1ccc(N(C(N)=O)c2cccc(-c3c(C(=O)c4ccccc4)cnc4c(C(F)(F)F)cccc34)c2)cc1. The number of alkyl halides is 3. The standard InChI is InChI=1S/C32H25F3N4O2/c1-38(2)22-14-16-23(17-15-22)39(31(36)41)24-11-6-10-21(18-24)28-25-12-7-13-27(32(33,34)35)29(25)37-19-26(28)30(40)20-8-4-3-5-9-20/h3-19H,1-2H3,(H2,36,41). The lowest BCUT2D eigenvalue weighted by molar-refractivity contribution is -0.136. The van der Waals surface area contributed by atoms with Crippen molar-refractivity contribution >= 4 is 39.8 Å². The number of nitrogens with zero attached hydrogens (tertiary/aromatic N) is 3. The van der Waals surface area contributed by atoms with Gasteiger partial charge in [0.1, 0.15) is 0 Å². The lowest BCUT2D eigenvalue weighted by Crippen LogP contribution is -2.31. The number of primary amides is 1. The highest BCUT2D eigenvalue weighted by Crippen LogP contribution is 2.40. The smallest absolute Gasteiger partial charge is 0.378 e. The number of pyridine rings is 1. The van der Waals surface area contributed by atoms with Crippen LogP contribution in [-0.4, -0.2) is 30.9 Å². The Kier molecular flexibility index (Phi) is 7.19. The van der Waals surface area contributed by atoms with Crippen molar-refractivity contribution in [2.24, 2.45) is 5.73 Å². The molecule has 206 valence electrons. The van der Waals surface area contributed by atoms with Gasteiger partial charge in [-0.05, 0) is 48.0 Å². The fraction of sp³-hybridized carbons (Fsp3) is 0.0938. The van der Waals surface area contributed by atoms with Gasteiger partial charge in [0.15, 0.2) is 5.78 Å². The van der Waals surface area contributed by atoms with Crippen molar-refractivity contribution in [2.45, 2.75) is 6.18 Å². The maximum absolute atomic E-state index is 13.9. The molecule has 2 N–H and O–H groups in total. The number of benzene rings is 4. The van der Waals surface area contributed by atoms with Crippen LogP contribution >= 0.6 is 0 Å². The third-order valence-corrected chi connectivity index (χ3v) is 6.72. The number of para-hydroxylation sites is 1. The van der Waals surface area contributed by atoms with Gasteiger partial charge >= 0.3 is 12.2 Å². The van der Waals surface area contributed by atoms with Gasteiger partial charge in [-0.2, -0.15) is 13.2 Å². The highest BCUT2D eigenvalue weighted by Gasteiger charge is 2.34. The predicted molar refractivity (Wildman–Crippen MR) is 155 cm³/mol. The number of urea groups is 1. The molecule has 2 amide bonds. The van der Waals surface area contributed by atoms with Crippen LogP contribution in [0.2, 0.25) is 0 Å². The summed E-state index contributed by atoms with van der Waals surface area (Å²) in [4.78, 5) is 33.6. The van der Waals surface area contributed by atoms with Crippen molar-refractivity contribution in [1.29, 1.82) is 0 Å². The first-order chi connectivity index (χ1) is 19.6. The molecule has 6 nitrogen and oxygen atoms in total. The number of hydrogen-bond acceptors (Lipinski definition) is 4. The van der Waals surface area contributed by atoms with Gasteiger partial charge in [0, 0.05) is 48.1 Å². The molecule has 0 spiro atoms.